The van der Waals surface area contributed by atoms with Crippen molar-refractivity contribution in [2.24, 2.45) is 5.92 Å². The molecule has 1 aliphatic carbocycles. The second kappa shape index (κ2) is 8.51. The molecular formula is C18H24ClN5O2. The Morgan fingerprint density at radius 3 is 2.62 bits per heavy atom. The molecule has 0 atom stereocenters. The summed E-state index contributed by atoms with van der Waals surface area (Å²) >= 11 is 0. The van der Waals surface area contributed by atoms with Gasteiger partial charge in [0.25, 0.3) is 5.91 Å². The summed E-state index contributed by atoms with van der Waals surface area (Å²) < 4.78 is 7.51. The van der Waals surface area contributed by atoms with Crippen molar-refractivity contribution in [1.82, 2.24) is 20.3 Å². The molecule has 1 saturated heterocycles. The van der Waals surface area contributed by atoms with Crippen LogP contribution in [0.2, 0.25) is 0 Å². The molecule has 2 aliphatic rings. The molecule has 1 amide bonds. The van der Waals surface area contributed by atoms with Gasteiger partial charge in [-0.05, 0) is 69.0 Å². The van der Waals surface area contributed by atoms with Crippen molar-refractivity contribution in [2.75, 3.05) is 25.0 Å². The van der Waals surface area contributed by atoms with Crippen LogP contribution in [-0.4, -0.2) is 40.6 Å². The zero-order chi connectivity index (χ0) is 17.1. The second-order valence-electron chi connectivity index (χ2n) is 6.80. The number of benzene rings is 1. The SMILES string of the molecule is Cl.O=C(Nc1ccc(OCC2CC2)cc1)c1cn(C2CCNCC2)nn1. The number of nitrogens with zero attached hydrogens (tertiary/aromatic N) is 3. The lowest BCUT2D eigenvalue weighted by atomic mass is 10.1. The summed E-state index contributed by atoms with van der Waals surface area (Å²) in [6.45, 7) is 2.73. The number of ether oxygens (including phenoxy) is 1. The molecule has 8 heteroatoms. The second-order valence-corrected chi connectivity index (χ2v) is 6.80. The summed E-state index contributed by atoms with van der Waals surface area (Å²) in [6.07, 6.45) is 6.29. The summed E-state index contributed by atoms with van der Waals surface area (Å²) in [6, 6.07) is 7.76. The molecule has 2 fully saturated rings. The van der Waals surface area contributed by atoms with Gasteiger partial charge in [-0.25, -0.2) is 4.68 Å². The van der Waals surface area contributed by atoms with Crippen LogP contribution in [0.25, 0.3) is 0 Å². The van der Waals surface area contributed by atoms with E-state index < -0.39 is 0 Å². The van der Waals surface area contributed by atoms with E-state index in [1.807, 2.05) is 28.9 Å². The highest BCUT2D eigenvalue weighted by Gasteiger charge is 2.22. The van der Waals surface area contributed by atoms with E-state index in [2.05, 4.69) is 20.9 Å². The zero-order valence-corrected chi connectivity index (χ0v) is 15.4. The first-order chi connectivity index (χ1) is 12.3. The first-order valence-corrected chi connectivity index (χ1v) is 8.95. The Hall–Kier alpha value is -2.12. The number of hydrogen-bond acceptors (Lipinski definition) is 5. The molecule has 7 nitrogen and oxygen atoms in total. The summed E-state index contributed by atoms with van der Waals surface area (Å²) in [4.78, 5) is 12.3. The lowest BCUT2D eigenvalue weighted by Gasteiger charge is -2.22. The monoisotopic (exact) mass is 377 g/mol. The highest BCUT2D eigenvalue weighted by Crippen LogP contribution is 2.29. The molecule has 1 aromatic carbocycles. The predicted octanol–water partition coefficient (Wildman–Crippen LogP) is 2.67. The molecule has 26 heavy (non-hydrogen) atoms. The van der Waals surface area contributed by atoms with Crippen LogP contribution in [0.15, 0.2) is 30.5 Å². The number of aromatic nitrogens is 3. The molecule has 1 aromatic heterocycles. The minimum Gasteiger partial charge on any atom is -0.493 e. The highest BCUT2D eigenvalue weighted by atomic mass is 35.5. The Balaban J connectivity index is 0.00000196. The number of rotatable bonds is 6. The van der Waals surface area contributed by atoms with Crippen LogP contribution in [0.1, 0.15) is 42.2 Å². The lowest BCUT2D eigenvalue weighted by Crippen LogP contribution is -2.29. The van der Waals surface area contributed by atoms with E-state index in [9.17, 15) is 4.79 Å². The number of halogens is 1. The van der Waals surface area contributed by atoms with Crippen LogP contribution < -0.4 is 15.4 Å². The summed E-state index contributed by atoms with van der Waals surface area (Å²) in [5.74, 6) is 1.32. The van der Waals surface area contributed by atoms with Crippen LogP contribution in [0.3, 0.4) is 0 Å². The fourth-order valence-electron chi connectivity index (χ4n) is 2.96. The fourth-order valence-corrected chi connectivity index (χ4v) is 2.96. The van der Waals surface area contributed by atoms with Gasteiger partial charge in [0.15, 0.2) is 5.69 Å². The maximum Gasteiger partial charge on any atom is 0.277 e. The largest absolute Gasteiger partial charge is 0.493 e. The molecule has 1 aliphatic heterocycles. The van der Waals surface area contributed by atoms with Gasteiger partial charge in [0.05, 0.1) is 18.8 Å². The van der Waals surface area contributed by atoms with Gasteiger partial charge in [0.2, 0.25) is 0 Å². The molecule has 1 saturated carbocycles. The molecule has 0 spiro atoms. The predicted molar refractivity (Wildman–Crippen MR) is 101 cm³/mol. The summed E-state index contributed by atoms with van der Waals surface area (Å²) in [5, 5.41) is 14.3. The third kappa shape index (κ3) is 4.74. The smallest absolute Gasteiger partial charge is 0.277 e. The Morgan fingerprint density at radius 2 is 1.92 bits per heavy atom. The average molecular weight is 378 g/mol. The molecule has 0 radical (unpaired) electrons. The van der Waals surface area contributed by atoms with Crippen molar-refractivity contribution in [3.05, 3.63) is 36.2 Å². The standard InChI is InChI=1S/C18H23N5O2.ClH/c24-18(17-11-23(22-21-17)15-7-9-19-10-8-15)20-14-3-5-16(6-4-14)25-12-13-1-2-13;/h3-6,11,13,15,19H,1-2,7-10,12H2,(H,20,24);1H. The summed E-state index contributed by atoms with van der Waals surface area (Å²) in [7, 11) is 0. The number of hydrogen-bond donors (Lipinski definition) is 2. The minimum atomic E-state index is -0.244. The van der Waals surface area contributed by atoms with Gasteiger partial charge in [-0.2, -0.15) is 0 Å². The first-order valence-electron chi connectivity index (χ1n) is 8.95. The number of piperidine rings is 1. The number of nitrogens with one attached hydrogen (secondary N) is 2. The normalized spacial score (nSPS) is 17.4. The topological polar surface area (TPSA) is 81.1 Å². The van der Waals surface area contributed by atoms with Crippen LogP contribution in [0, 0.1) is 5.92 Å². The number of anilines is 1. The third-order valence-electron chi connectivity index (χ3n) is 4.72. The van der Waals surface area contributed by atoms with Gasteiger partial charge in [-0.3, -0.25) is 4.79 Å². The molecule has 4 rings (SSSR count). The van der Waals surface area contributed by atoms with Crippen molar-refractivity contribution in [2.45, 2.75) is 31.7 Å². The maximum atomic E-state index is 12.3. The van der Waals surface area contributed by atoms with E-state index in [-0.39, 0.29) is 18.3 Å². The zero-order valence-electron chi connectivity index (χ0n) is 14.6. The van der Waals surface area contributed by atoms with Gasteiger partial charge in [-0.15, -0.1) is 17.5 Å². The van der Waals surface area contributed by atoms with Gasteiger partial charge >= 0.3 is 0 Å². The van der Waals surface area contributed by atoms with Crippen molar-refractivity contribution >= 4 is 24.0 Å². The Labute approximate surface area is 158 Å². The highest BCUT2D eigenvalue weighted by molar-refractivity contribution is 6.02. The number of amides is 1. The molecule has 140 valence electrons. The quantitative estimate of drug-likeness (QED) is 0.808. The van der Waals surface area contributed by atoms with Crippen LogP contribution >= 0.6 is 12.4 Å². The molecule has 0 bridgehead atoms. The van der Waals surface area contributed by atoms with Crippen molar-refractivity contribution in [3.8, 4) is 5.75 Å². The van der Waals surface area contributed by atoms with E-state index in [0.29, 0.717) is 11.7 Å². The number of carbonyl (C=O) groups is 1. The van der Waals surface area contributed by atoms with Crippen molar-refractivity contribution < 1.29 is 9.53 Å². The number of carbonyl (C=O) groups excluding carboxylic acids is 1. The maximum absolute atomic E-state index is 12.3. The van der Waals surface area contributed by atoms with E-state index >= 15 is 0 Å². The van der Waals surface area contributed by atoms with Crippen LogP contribution in [0.4, 0.5) is 5.69 Å². The Kier molecular flexibility index (Phi) is 6.11. The van der Waals surface area contributed by atoms with Gasteiger partial charge in [-0.1, -0.05) is 5.21 Å². The Bertz CT molecular complexity index is 723. The molecule has 0 unspecified atom stereocenters. The summed E-state index contributed by atoms with van der Waals surface area (Å²) in [5.41, 5.74) is 1.06. The lowest BCUT2D eigenvalue weighted by molar-refractivity contribution is 0.102. The van der Waals surface area contributed by atoms with Gasteiger partial charge in [0, 0.05) is 5.69 Å². The Morgan fingerprint density at radius 1 is 1.19 bits per heavy atom. The molecule has 2 aromatic rings. The minimum absolute atomic E-state index is 0. The fraction of sp³-hybridized carbons (Fsp3) is 0.500. The van der Waals surface area contributed by atoms with E-state index in [1.165, 1.54) is 12.8 Å². The van der Waals surface area contributed by atoms with Gasteiger partial charge < -0.3 is 15.4 Å². The van der Waals surface area contributed by atoms with Crippen molar-refractivity contribution in [3.63, 3.8) is 0 Å². The average Bonchev–Trinajstić information content (AvgIpc) is 3.35. The van der Waals surface area contributed by atoms with E-state index in [1.54, 1.807) is 6.20 Å². The van der Waals surface area contributed by atoms with E-state index in [0.717, 1.165) is 49.9 Å². The molecular weight excluding hydrogens is 354 g/mol. The van der Waals surface area contributed by atoms with E-state index in [4.69, 9.17) is 4.74 Å². The van der Waals surface area contributed by atoms with Gasteiger partial charge in [0.1, 0.15) is 5.75 Å². The molecule has 2 N–H and O–H groups in total. The van der Waals surface area contributed by atoms with Crippen LogP contribution in [-0.2, 0) is 0 Å². The first kappa shape index (κ1) is 18.7. The molecule has 2 heterocycles. The van der Waals surface area contributed by atoms with Crippen molar-refractivity contribution in [1.29, 1.82) is 0 Å². The third-order valence-corrected chi connectivity index (χ3v) is 4.72. The van der Waals surface area contributed by atoms with Crippen LogP contribution in [0.5, 0.6) is 5.75 Å².